The van der Waals surface area contributed by atoms with Crippen LogP contribution in [-0.2, 0) is 14.2 Å². The van der Waals surface area contributed by atoms with Crippen molar-refractivity contribution in [3.63, 3.8) is 0 Å². The number of ether oxygens (including phenoxy) is 3. The Balaban J connectivity index is 2.17. The molecule has 148 valence electrons. The molecular weight excluding hydrogens is 340 g/mol. The maximum absolute atomic E-state index is 10.5. The standard InChI is InChI=1S/C15H28O10/c1-5(2)13-12(22)14(9(19)7(4-17)23-13)25-15-11(21)10(20)8(18)6(3-16)24-15/h5-22H,3-4H2,1-2H3. The number of hydrogen-bond donors (Lipinski definition) is 7. The van der Waals surface area contributed by atoms with Crippen LogP contribution >= 0.6 is 0 Å². The van der Waals surface area contributed by atoms with Crippen molar-refractivity contribution in [2.45, 2.75) is 75.1 Å². The Hall–Kier alpha value is -0.400. The molecule has 0 aromatic rings. The second-order valence-corrected chi connectivity index (χ2v) is 6.84. The normalized spacial score (nSPS) is 48.7. The van der Waals surface area contributed by atoms with Crippen LogP contribution in [0.1, 0.15) is 13.8 Å². The van der Waals surface area contributed by atoms with Gasteiger partial charge in [0.05, 0.1) is 19.3 Å². The van der Waals surface area contributed by atoms with Gasteiger partial charge < -0.3 is 50.0 Å². The Bertz CT molecular complexity index is 419. The molecular formula is C15H28O10. The molecule has 10 nitrogen and oxygen atoms in total. The van der Waals surface area contributed by atoms with Crippen LogP contribution < -0.4 is 0 Å². The first kappa shape index (κ1) is 20.9. The van der Waals surface area contributed by atoms with Gasteiger partial charge in [-0.25, -0.2) is 0 Å². The van der Waals surface area contributed by atoms with Crippen LogP contribution in [0.4, 0.5) is 0 Å². The highest BCUT2D eigenvalue weighted by molar-refractivity contribution is 4.96. The second kappa shape index (κ2) is 8.53. The zero-order chi connectivity index (χ0) is 18.9. The lowest BCUT2D eigenvalue weighted by Gasteiger charge is -2.47. The van der Waals surface area contributed by atoms with Gasteiger partial charge in [0.25, 0.3) is 0 Å². The van der Waals surface area contributed by atoms with Gasteiger partial charge in [0.2, 0.25) is 0 Å². The molecule has 0 saturated carbocycles. The average Bonchev–Trinajstić information content (AvgIpc) is 2.58. The predicted octanol–water partition coefficient (Wildman–Crippen LogP) is -3.69. The predicted molar refractivity (Wildman–Crippen MR) is 81.2 cm³/mol. The van der Waals surface area contributed by atoms with Crippen molar-refractivity contribution in [3.05, 3.63) is 0 Å². The van der Waals surface area contributed by atoms with Crippen molar-refractivity contribution in [2.75, 3.05) is 13.2 Å². The van der Waals surface area contributed by atoms with Crippen LogP contribution in [0.15, 0.2) is 0 Å². The molecule has 2 aliphatic heterocycles. The van der Waals surface area contributed by atoms with E-state index >= 15 is 0 Å². The molecule has 10 unspecified atom stereocenters. The first-order valence-electron chi connectivity index (χ1n) is 8.31. The van der Waals surface area contributed by atoms with Crippen molar-refractivity contribution in [1.82, 2.24) is 0 Å². The van der Waals surface area contributed by atoms with E-state index in [9.17, 15) is 35.7 Å². The third-order valence-corrected chi connectivity index (χ3v) is 4.70. The summed E-state index contributed by atoms with van der Waals surface area (Å²) in [5.74, 6) is -0.155. The quantitative estimate of drug-likeness (QED) is 0.256. The van der Waals surface area contributed by atoms with Gasteiger partial charge in [0.15, 0.2) is 6.29 Å². The summed E-state index contributed by atoms with van der Waals surface area (Å²) in [6.45, 7) is 2.43. The first-order chi connectivity index (χ1) is 11.7. The smallest absolute Gasteiger partial charge is 0.187 e. The molecule has 0 aliphatic carbocycles. The second-order valence-electron chi connectivity index (χ2n) is 6.84. The molecule has 0 radical (unpaired) electrons. The van der Waals surface area contributed by atoms with Gasteiger partial charge in [-0.05, 0) is 5.92 Å². The van der Waals surface area contributed by atoms with E-state index in [2.05, 4.69) is 0 Å². The number of aliphatic hydroxyl groups is 7. The third kappa shape index (κ3) is 4.14. The SMILES string of the molecule is CC(C)C1OC(CO)C(O)C(OC2OC(CO)C(O)C(O)C2O)C1O. The molecule has 2 heterocycles. The maximum atomic E-state index is 10.5. The lowest BCUT2D eigenvalue weighted by atomic mass is 9.89. The molecule has 25 heavy (non-hydrogen) atoms. The van der Waals surface area contributed by atoms with Crippen molar-refractivity contribution >= 4 is 0 Å². The van der Waals surface area contributed by atoms with Gasteiger partial charge in [0, 0.05) is 0 Å². The summed E-state index contributed by atoms with van der Waals surface area (Å²) >= 11 is 0. The molecule has 2 rings (SSSR count). The van der Waals surface area contributed by atoms with Gasteiger partial charge in [-0.2, -0.15) is 0 Å². The van der Waals surface area contributed by atoms with Gasteiger partial charge in [0.1, 0.15) is 48.8 Å². The van der Waals surface area contributed by atoms with E-state index < -0.39 is 74.4 Å². The van der Waals surface area contributed by atoms with Gasteiger partial charge >= 0.3 is 0 Å². The minimum atomic E-state index is -1.66. The minimum Gasteiger partial charge on any atom is -0.394 e. The minimum absolute atomic E-state index is 0.155. The summed E-state index contributed by atoms with van der Waals surface area (Å²) in [6, 6.07) is 0. The van der Waals surface area contributed by atoms with E-state index in [1.165, 1.54) is 0 Å². The molecule has 0 aromatic carbocycles. The van der Waals surface area contributed by atoms with Crippen LogP contribution in [0.2, 0.25) is 0 Å². The molecule has 2 saturated heterocycles. The molecule has 10 heteroatoms. The number of aliphatic hydroxyl groups excluding tert-OH is 7. The van der Waals surface area contributed by atoms with Crippen molar-refractivity contribution < 1.29 is 50.0 Å². The van der Waals surface area contributed by atoms with Crippen molar-refractivity contribution in [1.29, 1.82) is 0 Å². The summed E-state index contributed by atoms with van der Waals surface area (Å²) < 4.78 is 16.2. The van der Waals surface area contributed by atoms with E-state index in [1.807, 2.05) is 0 Å². The van der Waals surface area contributed by atoms with Crippen LogP contribution in [0.5, 0.6) is 0 Å². The molecule has 2 aliphatic rings. The summed E-state index contributed by atoms with van der Waals surface area (Å²) in [4.78, 5) is 0. The Labute approximate surface area is 145 Å². The summed E-state index contributed by atoms with van der Waals surface area (Å²) in [6.07, 6.45) is -13.3. The van der Waals surface area contributed by atoms with Gasteiger partial charge in [-0.15, -0.1) is 0 Å². The Morgan fingerprint density at radius 3 is 1.84 bits per heavy atom. The van der Waals surface area contributed by atoms with E-state index in [1.54, 1.807) is 13.8 Å². The largest absolute Gasteiger partial charge is 0.394 e. The summed E-state index contributed by atoms with van der Waals surface area (Å²) in [5, 5.41) is 68.9. The molecule has 0 bridgehead atoms. The first-order valence-corrected chi connectivity index (χ1v) is 8.31. The van der Waals surface area contributed by atoms with Gasteiger partial charge in [-0.1, -0.05) is 13.8 Å². The Kier molecular flexibility index (Phi) is 7.13. The monoisotopic (exact) mass is 368 g/mol. The fourth-order valence-electron chi connectivity index (χ4n) is 3.16. The third-order valence-electron chi connectivity index (χ3n) is 4.70. The van der Waals surface area contributed by atoms with Crippen LogP contribution in [0.25, 0.3) is 0 Å². The van der Waals surface area contributed by atoms with Crippen molar-refractivity contribution in [2.24, 2.45) is 5.92 Å². The highest BCUT2D eigenvalue weighted by Gasteiger charge is 2.50. The Morgan fingerprint density at radius 2 is 1.32 bits per heavy atom. The topological polar surface area (TPSA) is 169 Å². The lowest BCUT2D eigenvalue weighted by molar-refractivity contribution is -0.343. The average molecular weight is 368 g/mol. The lowest BCUT2D eigenvalue weighted by Crippen LogP contribution is -2.65. The fraction of sp³-hybridized carbons (Fsp3) is 1.00. The molecule has 7 N–H and O–H groups in total. The maximum Gasteiger partial charge on any atom is 0.187 e. The summed E-state index contributed by atoms with van der Waals surface area (Å²) in [7, 11) is 0. The highest BCUT2D eigenvalue weighted by Crippen LogP contribution is 2.31. The zero-order valence-electron chi connectivity index (χ0n) is 14.1. The van der Waals surface area contributed by atoms with Crippen LogP contribution in [-0.4, -0.2) is 110 Å². The molecule has 10 atom stereocenters. The van der Waals surface area contributed by atoms with Crippen LogP contribution in [0, 0.1) is 5.92 Å². The zero-order valence-corrected chi connectivity index (χ0v) is 14.1. The van der Waals surface area contributed by atoms with E-state index in [0.29, 0.717) is 0 Å². The van der Waals surface area contributed by atoms with E-state index in [-0.39, 0.29) is 5.92 Å². The van der Waals surface area contributed by atoms with Crippen molar-refractivity contribution in [3.8, 4) is 0 Å². The molecule has 0 aromatic heterocycles. The Morgan fingerprint density at radius 1 is 0.760 bits per heavy atom. The van der Waals surface area contributed by atoms with E-state index in [0.717, 1.165) is 0 Å². The summed E-state index contributed by atoms with van der Waals surface area (Å²) in [5.41, 5.74) is 0. The van der Waals surface area contributed by atoms with Crippen LogP contribution in [0.3, 0.4) is 0 Å². The van der Waals surface area contributed by atoms with Gasteiger partial charge in [-0.3, -0.25) is 0 Å². The highest BCUT2D eigenvalue weighted by atomic mass is 16.7. The molecule has 0 amide bonds. The number of rotatable bonds is 5. The van der Waals surface area contributed by atoms with E-state index in [4.69, 9.17) is 14.2 Å². The molecule has 0 spiro atoms. The fourth-order valence-corrected chi connectivity index (χ4v) is 3.16. The number of hydrogen-bond acceptors (Lipinski definition) is 10. The molecule has 2 fully saturated rings.